The van der Waals surface area contributed by atoms with Crippen LogP contribution in [-0.2, 0) is 14.3 Å². The van der Waals surface area contributed by atoms with Gasteiger partial charge in [-0.15, -0.1) is 0 Å². The number of esters is 1. The Labute approximate surface area is 115 Å². The van der Waals surface area contributed by atoms with Gasteiger partial charge in [0.25, 0.3) is 0 Å². The Hall–Kier alpha value is -1.55. The van der Waals surface area contributed by atoms with Crippen LogP contribution in [0.5, 0.6) is 0 Å². The standard InChI is InChI=1S/C15H23NO3/c1-2-3-11-18-12-13-19-15(17)9-10-16-14-7-5-4-6-8-14/h4-8,16H,2-3,9-13H2,1H3. The Bertz CT molecular complexity index is 341. The van der Waals surface area contributed by atoms with Crippen LogP contribution in [0.15, 0.2) is 30.3 Å². The zero-order chi connectivity index (χ0) is 13.8. The van der Waals surface area contributed by atoms with Gasteiger partial charge in [0.1, 0.15) is 6.61 Å². The third-order valence-corrected chi connectivity index (χ3v) is 2.56. The van der Waals surface area contributed by atoms with Crippen LogP contribution in [0.1, 0.15) is 26.2 Å². The molecular formula is C15H23NO3. The third-order valence-electron chi connectivity index (χ3n) is 2.56. The highest BCUT2D eigenvalue weighted by Crippen LogP contribution is 2.04. The predicted octanol–water partition coefficient (Wildman–Crippen LogP) is 2.85. The molecule has 106 valence electrons. The first-order valence-electron chi connectivity index (χ1n) is 6.85. The van der Waals surface area contributed by atoms with E-state index >= 15 is 0 Å². The Kier molecular flexibility index (Phi) is 8.47. The quantitative estimate of drug-likeness (QED) is 0.522. The van der Waals surface area contributed by atoms with Crippen LogP contribution < -0.4 is 5.32 Å². The van der Waals surface area contributed by atoms with Crippen molar-refractivity contribution in [3.8, 4) is 0 Å². The third kappa shape index (κ3) is 8.21. The van der Waals surface area contributed by atoms with Gasteiger partial charge in [-0.1, -0.05) is 31.5 Å². The van der Waals surface area contributed by atoms with Gasteiger partial charge in [-0.3, -0.25) is 4.79 Å². The van der Waals surface area contributed by atoms with E-state index in [1.165, 1.54) is 0 Å². The minimum absolute atomic E-state index is 0.192. The largest absolute Gasteiger partial charge is 0.463 e. The molecule has 0 aliphatic carbocycles. The Morgan fingerprint density at radius 1 is 1.16 bits per heavy atom. The zero-order valence-corrected chi connectivity index (χ0v) is 11.6. The van der Waals surface area contributed by atoms with Crippen molar-refractivity contribution >= 4 is 11.7 Å². The molecule has 4 nitrogen and oxygen atoms in total. The Morgan fingerprint density at radius 2 is 1.95 bits per heavy atom. The lowest BCUT2D eigenvalue weighted by Gasteiger charge is -2.07. The summed E-state index contributed by atoms with van der Waals surface area (Å²) in [5.41, 5.74) is 1.01. The van der Waals surface area contributed by atoms with Gasteiger partial charge in [0, 0.05) is 18.8 Å². The van der Waals surface area contributed by atoms with Gasteiger partial charge in [-0.2, -0.15) is 0 Å². The molecule has 1 rings (SSSR count). The van der Waals surface area contributed by atoms with Crippen LogP contribution >= 0.6 is 0 Å². The fourth-order valence-corrected chi connectivity index (χ4v) is 1.50. The molecule has 0 unspecified atom stereocenters. The molecule has 0 saturated carbocycles. The molecule has 0 atom stereocenters. The maximum Gasteiger partial charge on any atom is 0.307 e. The Balaban J connectivity index is 1.96. The number of para-hydroxylation sites is 1. The van der Waals surface area contributed by atoms with Gasteiger partial charge in [-0.25, -0.2) is 0 Å². The molecule has 0 saturated heterocycles. The highest BCUT2D eigenvalue weighted by Gasteiger charge is 2.02. The van der Waals surface area contributed by atoms with Crippen LogP contribution in [0.2, 0.25) is 0 Å². The Morgan fingerprint density at radius 3 is 2.68 bits per heavy atom. The molecule has 19 heavy (non-hydrogen) atoms. The fraction of sp³-hybridized carbons (Fsp3) is 0.533. The average molecular weight is 265 g/mol. The molecule has 1 N–H and O–H groups in total. The van der Waals surface area contributed by atoms with Gasteiger partial charge in [0.05, 0.1) is 13.0 Å². The maximum atomic E-state index is 11.4. The van der Waals surface area contributed by atoms with Crippen LogP contribution in [0.3, 0.4) is 0 Å². The van der Waals surface area contributed by atoms with E-state index in [9.17, 15) is 4.79 Å². The lowest BCUT2D eigenvalue weighted by Crippen LogP contribution is -2.14. The molecule has 0 aliphatic heterocycles. The number of hydrogen-bond acceptors (Lipinski definition) is 4. The van der Waals surface area contributed by atoms with Crippen molar-refractivity contribution in [2.24, 2.45) is 0 Å². The summed E-state index contributed by atoms with van der Waals surface area (Å²) in [7, 11) is 0. The van der Waals surface area contributed by atoms with Crippen LogP contribution in [0, 0.1) is 0 Å². The average Bonchev–Trinajstić information content (AvgIpc) is 2.44. The van der Waals surface area contributed by atoms with Crippen LogP contribution in [-0.4, -0.2) is 32.3 Å². The highest BCUT2D eigenvalue weighted by atomic mass is 16.6. The number of nitrogens with one attached hydrogen (secondary N) is 1. The number of rotatable bonds is 10. The van der Waals surface area contributed by atoms with Crippen LogP contribution in [0.4, 0.5) is 5.69 Å². The lowest BCUT2D eigenvalue weighted by atomic mass is 10.3. The molecule has 4 heteroatoms. The lowest BCUT2D eigenvalue weighted by molar-refractivity contribution is -0.144. The number of carbonyl (C=O) groups excluding carboxylic acids is 1. The van der Waals surface area contributed by atoms with E-state index in [0.29, 0.717) is 26.2 Å². The van der Waals surface area contributed by atoms with E-state index in [1.807, 2.05) is 30.3 Å². The molecule has 1 aromatic rings. The SMILES string of the molecule is CCCCOCCOC(=O)CCNc1ccccc1. The monoisotopic (exact) mass is 265 g/mol. The maximum absolute atomic E-state index is 11.4. The first-order chi connectivity index (χ1) is 9.33. The van der Waals surface area contributed by atoms with Gasteiger partial charge in [0.15, 0.2) is 0 Å². The van der Waals surface area contributed by atoms with E-state index in [1.54, 1.807) is 0 Å². The number of unbranched alkanes of at least 4 members (excludes halogenated alkanes) is 1. The van der Waals surface area contributed by atoms with E-state index in [2.05, 4.69) is 12.2 Å². The molecule has 1 aromatic carbocycles. The van der Waals surface area contributed by atoms with Gasteiger partial charge in [0.2, 0.25) is 0 Å². The van der Waals surface area contributed by atoms with Gasteiger partial charge >= 0.3 is 5.97 Å². The molecule has 0 heterocycles. The normalized spacial score (nSPS) is 10.2. The van der Waals surface area contributed by atoms with Crippen LogP contribution in [0.25, 0.3) is 0 Å². The minimum Gasteiger partial charge on any atom is -0.463 e. The van der Waals surface area contributed by atoms with E-state index in [-0.39, 0.29) is 5.97 Å². The molecule has 0 bridgehead atoms. The van der Waals surface area contributed by atoms with E-state index in [0.717, 1.165) is 25.1 Å². The van der Waals surface area contributed by atoms with E-state index in [4.69, 9.17) is 9.47 Å². The number of anilines is 1. The van der Waals surface area contributed by atoms with E-state index < -0.39 is 0 Å². The molecule has 0 radical (unpaired) electrons. The zero-order valence-electron chi connectivity index (χ0n) is 11.6. The molecule has 0 aromatic heterocycles. The number of ether oxygens (including phenoxy) is 2. The second kappa shape index (κ2) is 10.4. The number of hydrogen-bond donors (Lipinski definition) is 1. The van der Waals surface area contributed by atoms with Crippen molar-refractivity contribution in [3.05, 3.63) is 30.3 Å². The highest BCUT2D eigenvalue weighted by molar-refractivity contribution is 5.70. The topological polar surface area (TPSA) is 47.6 Å². The second-order valence-corrected chi connectivity index (χ2v) is 4.23. The second-order valence-electron chi connectivity index (χ2n) is 4.23. The summed E-state index contributed by atoms with van der Waals surface area (Å²) in [6.07, 6.45) is 2.53. The van der Waals surface area contributed by atoms with Crippen molar-refractivity contribution in [2.45, 2.75) is 26.2 Å². The van der Waals surface area contributed by atoms with Crippen molar-refractivity contribution in [3.63, 3.8) is 0 Å². The van der Waals surface area contributed by atoms with Gasteiger partial charge in [-0.05, 0) is 18.6 Å². The van der Waals surface area contributed by atoms with Crippen molar-refractivity contribution in [1.82, 2.24) is 0 Å². The molecule has 0 amide bonds. The summed E-state index contributed by atoms with van der Waals surface area (Å²) in [5.74, 6) is -0.192. The minimum atomic E-state index is -0.192. The summed E-state index contributed by atoms with van der Waals surface area (Å²) >= 11 is 0. The smallest absolute Gasteiger partial charge is 0.307 e. The molecule has 0 fully saturated rings. The van der Waals surface area contributed by atoms with Crippen molar-refractivity contribution in [1.29, 1.82) is 0 Å². The fourth-order valence-electron chi connectivity index (χ4n) is 1.50. The van der Waals surface area contributed by atoms with Crippen molar-refractivity contribution < 1.29 is 14.3 Å². The predicted molar refractivity (Wildman–Crippen MR) is 76.2 cm³/mol. The molecule has 0 aliphatic rings. The summed E-state index contributed by atoms with van der Waals surface area (Å²) in [6, 6.07) is 9.79. The van der Waals surface area contributed by atoms with Crippen molar-refractivity contribution in [2.75, 3.05) is 31.7 Å². The number of carbonyl (C=O) groups is 1. The summed E-state index contributed by atoms with van der Waals surface area (Å²) < 4.78 is 10.4. The first kappa shape index (κ1) is 15.5. The molecular weight excluding hydrogens is 242 g/mol. The molecule has 0 spiro atoms. The van der Waals surface area contributed by atoms with Gasteiger partial charge < -0.3 is 14.8 Å². The summed E-state index contributed by atoms with van der Waals surface area (Å²) in [6.45, 7) is 4.26. The first-order valence-corrected chi connectivity index (χ1v) is 6.85. The summed E-state index contributed by atoms with van der Waals surface area (Å²) in [5, 5.41) is 3.16. The summed E-state index contributed by atoms with van der Waals surface area (Å²) in [4.78, 5) is 11.4. The number of benzene rings is 1.